The largest absolute Gasteiger partial charge is 0.416 e. The highest BCUT2D eigenvalue weighted by Crippen LogP contribution is 2.37. The molecule has 774 valence electrons. The first-order chi connectivity index (χ1) is 69.4. The van der Waals surface area contributed by atoms with Gasteiger partial charge in [-0.2, -0.15) is 21.8 Å². The first-order valence-corrected chi connectivity index (χ1v) is 57.7. The first kappa shape index (κ1) is 113. The van der Waals surface area contributed by atoms with Gasteiger partial charge in [0.15, 0.2) is 19.7 Å². The molecule has 2 aliphatic heterocycles. The van der Waals surface area contributed by atoms with Crippen molar-refractivity contribution >= 4 is 164 Å². The molecule has 3 aliphatic carbocycles. The molecular weight excluding hydrogens is 2070 g/mol. The molecule has 43 heteroatoms. The number of sulfone groups is 2. The monoisotopic (exact) mass is 2180 g/mol. The molecule has 2 saturated heterocycles. The third-order valence-electron chi connectivity index (χ3n) is 23.7. The third kappa shape index (κ3) is 32.4. The van der Waals surface area contributed by atoms with E-state index in [1.165, 1.54) is 95.2 Å². The van der Waals surface area contributed by atoms with Crippen LogP contribution in [0.25, 0.3) is 0 Å². The van der Waals surface area contributed by atoms with Gasteiger partial charge in [-0.15, -0.1) is 22.7 Å². The molecule has 10 aromatic carbocycles. The number of halogens is 7. The second kappa shape index (κ2) is 51.4. The highest BCUT2D eigenvalue weighted by atomic mass is 35.5. The minimum atomic E-state index is -4.52. The molecule has 0 unspecified atom stereocenters. The summed E-state index contributed by atoms with van der Waals surface area (Å²) in [5, 5.41) is 18.9. The maximum atomic E-state index is 14.1. The van der Waals surface area contributed by atoms with Crippen molar-refractivity contribution < 1.29 is 106 Å². The highest BCUT2D eigenvalue weighted by Gasteiger charge is 2.35. The van der Waals surface area contributed by atoms with Crippen LogP contribution in [0.15, 0.2) is 301 Å². The van der Waals surface area contributed by atoms with Gasteiger partial charge in [-0.1, -0.05) is 135 Å². The second-order valence-corrected chi connectivity index (χ2v) is 48.9. The van der Waals surface area contributed by atoms with Crippen molar-refractivity contribution in [2.24, 2.45) is 11.8 Å². The number of carbonyl (C=O) groups is 6. The number of thiophene rings is 2. The van der Waals surface area contributed by atoms with E-state index in [9.17, 15) is 106 Å². The van der Waals surface area contributed by atoms with Gasteiger partial charge in [0.25, 0.3) is 35.4 Å². The smallest absolute Gasteiger partial charge is 0.322 e. The number of hydrogen-bond donors (Lipinski definition) is 7. The molecule has 5 aliphatic rings. The lowest BCUT2D eigenvalue weighted by Crippen LogP contribution is -2.35. The van der Waals surface area contributed by atoms with Crippen LogP contribution in [0.4, 0.5) is 60.5 Å². The lowest BCUT2D eigenvalue weighted by atomic mass is 9.96. The molecular formula is C103H107ClF6N10O18S8. The minimum Gasteiger partial charge on any atom is -0.322 e. The average molecular weight is 2180 g/mol. The Balaban J connectivity index is 0.000000156. The van der Waals surface area contributed by atoms with Gasteiger partial charge in [0.05, 0.1) is 77.9 Å². The second-order valence-electron chi connectivity index (χ2n) is 34.8. The van der Waals surface area contributed by atoms with Crippen LogP contribution in [-0.4, -0.2) is 157 Å². The zero-order valence-electron chi connectivity index (χ0n) is 79.1. The van der Waals surface area contributed by atoms with E-state index in [4.69, 9.17) is 11.6 Å². The van der Waals surface area contributed by atoms with E-state index in [2.05, 4.69) is 36.6 Å². The molecule has 0 atom stereocenters. The molecule has 0 radical (unpaired) electrons. The Morgan fingerprint density at radius 3 is 1.17 bits per heavy atom. The number of anilines is 6. The maximum Gasteiger partial charge on any atom is 0.416 e. The number of sulfonamides is 4. The Kier molecular flexibility index (Phi) is 39.7. The van der Waals surface area contributed by atoms with E-state index in [-0.39, 0.29) is 98.3 Å². The molecule has 12 aromatic rings. The van der Waals surface area contributed by atoms with E-state index in [1.807, 2.05) is 54.6 Å². The van der Waals surface area contributed by atoms with Gasteiger partial charge in [0.2, 0.25) is 40.1 Å². The molecule has 17 rings (SSSR count). The van der Waals surface area contributed by atoms with Crippen LogP contribution < -0.4 is 36.6 Å². The van der Waals surface area contributed by atoms with Crippen LogP contribution in [-0.2, 0) is 65.9 Å². The molecule has 28 nitrogen and oxygen atoms in total. The van der Waals surface area contributed by atoms with Crippen molar-refractivity contribution in [2.45, 2.75) is 151 Å². The fourth-order valence-corrected chi connectivity index (χ4v) is 26.9. The summed E-state index contributed by atoms with van der Waals surface area (Å²) >= 11 is 8.37. The highest BCUT2D eigenvalue weighted by molar-refractivity contribution is 7.92. The van der Waals surface area contributed by atoms with Gasteiger partial charge in [-0.25, -0.2) is 72.7 Å². The van der Waals surface area contributed by atoms with Gasteiger partial charge < -0.3 is 31.9 Å². The van der Waals surface area contributed by atoms with Crippen molar-refractivity contribution in [3.63, 3.8) is 0 Å². The van der Waals surface area contributed by atoms with E-state index >= 15 is 0 Å². The minimum absolute atomic E-state index is 0.00486. The standard InChI is InChI=1S/C20H19F4NO3S.C18H18ClFN2O3S.C17H20N2O3S2.C17H17NO3S.C16H18N2O3S2.C15H15FN2O3S/c21-18-10-9-16(29(27,28)12-13-3-1-2-4-13)11-17(18)19(26)25-15-7-5-14(6-8-15)20(22,23)24;19-17-9-8-15(26(24,25)22-10-2-1-3-11-22)12-16(17)18(23)21-14-6-4-13(20)5-7-14;20-17(18-13-7-3-1-4-8-13)16-11-15(12-23-16)24(21,22)19-14-9-5-2-6-10-14;19-17(18-15-6-2-1-3-7-15)14-5-4-8-16(11-14)22(20,21)12-13-9-10-13;19-16(17-13-7-3-1-4-8-13)15-11-14(12-22-15)23(20,21)18-9-5-2-6-10-18;1-18(2)22(20,21)12-8-9-14(16)13(10-12)15(19)17-11-6-4-3-5-7-11/h5-11,13H,1-4,12H2,(H,25,26);4-9,12H,1-3,10-11H2,(H,21,23);1,3-4,7-8,11-12,14,19H,2,5-6,9-10H2,(H,18,20);1-8,11,13H,9-10,12H2,(H,18,19);1,3-4,7-8,11-12H,2,5-6,9-10H2,(H,17,19);3-10H,1-2H3,(H,17,19). The summed E-state index contributed by atoms with van der Waals surface area (Å²) in [7, 11) is -18.7. The predicted octanol–water partition coefficient (Wildman–Crippen LogP) is 21.2. The molecule has 7 N–H and O–H groups in total. The zero-order valence-corrected chi connectivity index (χ0v) is 86.4. The van der Waals surface area contributed by atoms with E-state index in [0.717, 1.165) is 190 Å². The van der Waals surface area contributed by atoms with Gasteiger partial charge >= 0.3 is 6.18 Å². The summed E-state index contributed by atoms with van der Waals surface area (Å²) in [5.41, 5.74) is 1.65. The third-order valence-corrected chi connectivity index (χ3v) is 37.0. The Hall–Kier alpha value is -12.2. The number of nitrogens with zero attached hydrogens (tertiary/aromatic N) is 3. The number of para-hydroxylation sites is 4. The number of rotatable bonds is 27. The molecule has 6 amide bonds. The van der Waals surface area contributed by atoms with Crippen LogP contribution in [0.2, 0.25) is 5.02 Å². The number of benzene rings is 10. The van der Waals surface area contributed by atoms with Gasteiger partial charge in [-0.05, 0) is 258 Å². The summed E-state index contributed by atoms with van der Waals surface area (Å²) in [4.78, 5) is 74.8. The molecule has 4 heterocycles. The lowest BCUT2D eigenvalue weighted by molar-refractivity contribution is -0.137. The van der Waals surface area contributed by atoms with Crippen LogP contribution in [0.1, 0.15) is 175 Å². The van der Waals surface area contributed by atoms with Crippen LogP contribution in [0.3, 0.4) is 0 Å². The lowest BCUT2D eigenvalue weighted by Gasteiger charge is -2.26. The van der Waals surface area contributed by atoms with Crippen molar-refractivity contribution in [1.82, 2.24) is 17.6 Å². The van der Waals surface area contributed by atoms with E-state index < -0.39 is 112 Å². The van der Waals surface area contributed by atoms with Crippen molar-refractivity contribution in [2.75, 3.05) is 83.7 Å². The summed E-state index contributed by atoms with van der Waals surface area (Å²) in [5.74, 6) is -4.79. The summed E-state index contributed by atoms with van der Waals surface area (Å²) < 4.78 is 235. The number of piperidine rings is 2. The van der Waals surface area contributed by atoms with Crippen LogP contribution >= 0.6 is 34.3 Å². The first-order valence-electron chi connectivity index (χ1n) is 46.5. The Bertz CT molecular complexity index is 7290. The number of carbonyl (C=O) groups excluding carboxylic acids is 6. The van der Waals surface area contributed by atoms with Crippen LogP contribution in [0.5, 0.6) is 0 Å². The van der Waals surface area contributed by atoms with Crippen molar-refractivity contribution in [3.8, 4) is 0 Å². The number of hydrogen-bond acceptors (Lipinski definition) is 20. The average Bonchev–Trinajstić information content (AvgIpc) is 1.10. The molecule has 5 fully saturated rings. The van der Waals surface area contributed by atoms with Crippen molar-refractivity contribution in [1.29, 1.82) is 0 Å². The number of alkyl halides is 3. The van der Waals surface area contributed by atoms with Gasteiger partial charge in [0.1, 0.15) is 17.5 Å². The van der Waals surface area contributed by atoms with Gasteiger partial charge in [-0.3, -0.25) is 28.8 Å². The van der Waals surface area contributed by atoms with Crippen molar-refractivity contribution in [3.05, 3.63) is 332 Å². The number of amides is 6. The SMILES string of the molecule is CN(C)S(=O)(=O)c1ccc(F)c(C(=O)Nc2ccccc2)c1.O=C(Nc1ccc(C(F)(F)F)cc1)c1cc(S(=O)(=O)CC2CCCC2)ccc1F.O=C(Nc1ccc(F)cc1)c1cc(S(=O)(=O)N2CCCCC2)ccc1Cl.O=C(Nc1ccccc1)c1cc(S(=O)(=O)N2CCCCC2)cs1.O=C(Nc1ccccc1)c1cc(S(=O)(=O)NC2CCCCC2)cs1.O=C(Nc1ccccc1)c1cccc(S(=O)(=O)CC2CC2)c1. The molecule has 146 heavy (non-hydrogen) atoms. The Labute approximate surface area is 858 Å². The molecule has 2 aromatic heterocycles. The maximum absolute atomic E-state index is 14.1. The van der Waals surface area contributed by atoms with Gasteiger partial charge in [0, 0.05) is 96.8 Å². The topological polar surface area (TPSA) is 401 Å². The Morgan fingerprint density at radius 1 is 0.356 bits per heavy atom. The summed E-state index contributed by atoms with van der Waals surface area (Å²) in [6, 6.07) is 64.1. The van der Waals surface area contributed by atoms with Crippen LogP contribution in [0, 0.1) is 29.3 Å². The molecule has 3 saturated carbocycles. The molecule has 0 spiro atoms. The zero-order chi connectivity index (χ0) is 105. The Morgan fingerprint density at radius 2 is 0.719 bits per heavy atom. The van der Waals surface area contributed by atoms with E-state index in [1.54, 1.807) is 90.3 Å². The number of nitrogens with one attached hydrogen (secondary N) is 7. The fourth-order valence-electron chi connectivity index (χ4n) is 15.6. The fraction of sp³-hybridized carbons (Fsp3) is 0.282. The van der Waals surface area contributed by atoms with E-state index in [0.29, 0.717) is 69.9 Å². The molecule has 0 bridgehead atoms. The summed E-state index contributed by atoms with van der Waals surface area (Å²) in [6.07, 6.45) is 11.6. The summed E-state index contributed by atoms with van der Waals surface area (Å²) in [6.45, 7) is 2.07. The quantitative estimate of drug-likeness (QED) is 0.0186. The normalized spacial score (nSPS) is 14.9. The predicted molar refractivity (Wildman–Crippen MR) is 553 cm³/mol.